The first-order chi connectivity index (χ1) is 15.2. The molecule has 2 aromatic rings. The summed E-state index contributed by atoms with van der Waals surface area (Å²) in [6.45, 7) is 3.10. The first-order valence-electron chi connectivity index (χ1n) is 9.46. The van der Waals surface area contributed by atoms with E-state index in [9.17, 15) is 24.5 Å². The summed E-state index contributed by atoms with van der Waals surface area (Å²) in [6, 6.07) is 11.1. The summed E-state index contributed by atoms with van der Waals surface area (Å²) in [5.74, 6) is -2.32. The third-order valence-electron chi connectivity index (χ3n) is 4.38. The van der Waals surface area contributed by atoms with E-state index in [1.807, 2.05) is 0 Å². The normalized spacial score (nSPS) is 15.5. The molecule has 0 aromatic heterocycles. The number of benzene rings is 2. The second-order valence-corrected chi connectivity index (χ2v) is 7.50. The molecular weight excluding hydrogens is 486 g/mol. The van der Waals surface area contributed by atoms with Gasteiger partial charge in [-0.1, -0.05) is 34.1 Å². The molecule has 11 heteroatoms. The van der Waals surface area contributed by atoms with Crippen molar-refractivity contribution in [1.82, 2.24) is 5.43 Å². The van der Waals surface area contributed by atoms with Gasteiger partial charge in [0.25, 0.3) is 11.8 Å². The summed E-state index contributed by atoms with van der Waals surface area (Å²) in [4.78, 5) is 48.3. The average molecular weight is 504 g/mol. The van der Waals surface area contributed by atoms with Crippen LogP contribution < -0.4 is 15.2 Å². The van der Waals surface area contributed by atoms with Crippen LogP contribution in [0.2, 0.25) is 0 Å². The molecule has 3 rings (SSSR count). The molecule has 0 radical (unpaired) electrons. The standard InChI is InChI=1S/C21H18BrN3O7/c1-3-31-21(28)12(2)32-18-13(9-14(22)11-17(18)25(29)30)10-16-19(26)23-24(20(16)27)15-7-5-4-6-8-15/h4-12H,3H2,1-2H3,(H,23,26)/b16-10-/t12-/m1/s1. The van der Waals surface area contributed by atoms with E-state index >= 15 is 0 Å². The number of hydrogen-bond donors (Lipinski definition) is 1. The van der Waals surface area contributed by atoms with Gasteiger partial charge in [-0.2, -0.15) is 0 Å². The minimum absolute atomic E-state index is 0.0654. The molecule has 2 aromatic carbocycles. The lowest BCUT2D eigenvalue weighted by Crippen LogP contribution is -2.35. The number of nitrogens with one attached hydrogen (secondary N) is 1. The number of hydrazine groups is 1. The van der Waals surface area contributed by atoms with Crippen LogP contribution in [0.4, 0.5) is 11.4 Å². The van der Waals surface area contributed by atoms with E-state index in [-0.39, 0.29) is 23.5 Å². The van der Waals surface area contributed by atoms with Crippen molar-refractivity contribution in [3.63, 3.8) is 0 Å². The molecule has 1 heterocycles. The van der Waals surface area contributed by atoms with E-state index in [0.29, 0.717) is 10.2 Å². The number of anilines is 1. The number of para-hydroxylation sites is 1. The van der Waals surface area contributed by atoms with Gasteiger partial charge in [0.05, 0.1) is 17.2 Å². The summed E-state index contributed by atoms with van der Waals surface area (Å²) in [5, 5.41) is 12.7. The van der Waals surface area contributed by atoms with E-state index in [1.54, 1.807) is 37.3 Å². The Hall–Kier alpha value is -3.73. The summed E-state index contributed by atoms with van der Waals surface area (Å²) >= 11 is 3.19. The summed E-state index contributed by atoms with van der Waals surface area (Å²) < 4.78 is 10.8. The molecule has 1 fully saturated rings. The zero-order chi connectivity index (χ0) is 23.4. The van der Waals surface area contributed by atoms with Gasteiger partial charge in [0.2, 0.25) is 5.75 Å². The zero-order valence-electron chi connectivity index (χ0n) is 17.0. The SMILES string of the molecule is CCOC(=O)[C@@H](C)Oc1c(/C=C2/C(=O)NN(c3ccccc3)C2=O)cc(Br)cc1[N+](=O)[O-]. The number of rotatable bonds is 7. The average Bonchev–Trinajstić information content (AvgIpc) is 3.04. The predicted molar refractivity (Wildman–Crippen MR) is 118 cm³/mol. The lowest BCUT2D eigenvalue weighted by molar-refractivity contribution is -0.386. The van der Waals surface area contributed by atoms with E-state index < -0.39 is 34.5 Å². The maximum atomic E-state index is 12.9. The predicted octanol–water partition coefficient (Wildman–Crippen LogP) is 3.15. The van der Waals surface area contributed by atoms with Crippen molar-refractivity contribution in [2.45, 2.75) is 20.0 Å². The lowest BCUT2D eigenvalue weighted by atomic mass is 10.1. The molecule has 0 unspecified atom stereocenters. The lowest BCUT2D eigenvalue weighted by Gasteiger charge is -2.16. The Labute approximate surface area is 191 Å². The Bertz CT molecular complexity index is 1120. The summed E-state index contributed by atoms with van der Waals surface area (Å²) in [5.41, 5.74) is 2.26. The number of carbonyl (C=O) groups excluding carboxylic acids is 3. The number of amides is 2. The minimum atomic E-state index is -1.17. The number of nitro groups is 1. The van der Waals surface area contributed by atoms with E-state index in [1.165, 1.54) is 25.1 Å². The maximum absolute atomic E-state index is 12.9. The fraction of sp³-hybridized carbons (Fsp3) is 0.190. The van der Waals surface area contributed by atoms with Crippen LogP contribution in [0, 0.1) is 10.1 Å². The molecule has 0 spiro atoms. The van der Waals surface area contributed by atoms with Crippen molar-refractivity contribution in [2.75, 3.05) is 11.6 Å². The van der Waals surface area contributed by atoms with Gasteiger partial charge >= 0.3 is 11.7 Å². The highest BCUT2D eigenvalue weighted by Gasteiger charge is 2.35. The number of nitro benzene ring substituents is 1. The number of ether oxygens (including phenoxy) is 2. The third-order valence-corrected chi connectivity index (χ3v) is 4.84. The van der Waals surface area contributed by atoms with Gasteiger partial charge in [0.1, 0.15) is 5.57 Å². The van der Waals surface area contributed by atoms with Gasteiger partial charge in [-0.15, -0.1) is 0 Å². The molecule has 0 saturated carbocycles. The quantitative estimate of drug-likeness (QED) is 0.202. The van der Waals surface area contributed by atoms with Crippen LogP contribution in [-0.4, -0.2) is 35.4 Å². The molecule has 0 aliphatic carbocycles. The second kappa shape index (κ2) is 9.60. The molecule has 1 N–H and O–H groups in total. The largest absolute Gasteiger partial charge is 0.471 e. The van der Waals surface area contributed by atoms with Crippen LogP contribution in [0.3, 0.4) is 0 Å². The van der Waals surface area contributed by atoms with Crippen LogP contribution in [0.5, 0.6) is 5.75 Å². The molecule has 166 valence electrons. The number of nitrogens with zero attached hydrogens (tertiary/aromatic N) is 2. The summed E-state index contributed by atoms with van der Waals surface area (Å²) in [7, 11) is 0. The van der Waals surface area contributed by atoms with Crippen molar-refractivity contribution in [3.05, 3.63) is 68.2 Å². The van der Waals surface area contributed by atoms with E-state index in [2.05, 4.69) is 21.4 Å². The number of halogens is 1. The highest BCUT2D eigenvalue weighted by atomic mass is 79.9. The van der Waals surface area contributed by atoms with Crippen LogP contribution >= 0.6 is 15.9 Å². The molecule has 2 amide bonds. The molecule has 1 aliphatic heterocycles. The van der Waals surface area contributed by atoms with Crippen molar-refractivity contribution < 1.29 is 28.8 Å². The Kier molecular flexibility index (Phi) is 6.89. The van der Waals surface area contributed by atoms with E-state index in [4.69, 9.17) is 9.47 Å². The van der Waals surface area contributed by atoms with Gasteiger partial charge < -0.3 is 9.47 Å². The highest BCUT2D eigenvalue weighted by Crippen LogP contribution is 2.37. The molecule has 1 atom stereocenters. The highest BCUT2D eigenvalue weighted by molar-refractivity contribution is 9.10. The molecule has 0 bridgehead atoms. The molecule has 1 saturated heterocycles. The van der Waals surface area contributed by atoms with Crippen LogP contribution in [-0.2, 0) is 19.1 Å². The number of carbonyl (C=O) groups is 3. The number of hydrogen-bond acceptors (Lipinski definition) is 7. The van der Waals surface area contributed by atoms with E-state index in [0.717, 1.165) is 5.01 Å². The van der Waals surface area contributed by atoms with Crippen molar-refractivity contribution >= 4 is 51.2 Å². The van der Waals surface area contributed by atoms with Crippen molar-refractivity contribution in [1.29, 1.82) is 0 Å². The summed E-state index contributed by atoms with van der Waals surface area (Å²) in [6.07, 6.45) is 0.0203. The zero-order valence-corrected chi connectivity index (χ0v) is 18.6. The third kappa shape index (κ3) is 4.78. The Balaban J connectivity index is 2.06. The van der Waals surface area contributed by atoms with Crippen LogP contribution in [0.15, 0.2) is 52.5 Å². The Morgan fingerprint density at radius 2 is 1.97 bits per heavy atom. The van der Waals surface area contributed by atoms with Gasteiger partial charge in [-0.25, -0.2) is 9.80 Å². The van der Waals surface area contributed by atoms with Gasteiger partial charge in [0, 0.05) is 16.1 Å². The first kappa shape index (κ1) is 22.9. The topological polar surface area (TPSA) is 128 Å². The second-order valence-electron chi connectivity index (χ2n) is 6.59. The molecular formula is C21H18BrN3O7. The van der Waals surface area contributed by atoms with Gasteiger partial charge in [-0.05, 0) is 38.1 Å². The Morgan fingerprint density at radius 1 is 1.28 bits per heavy atom. The van der Waals surface area contributed by atoms with Crippen molar-refractivity contribution in [2.24, 2.45) is 0 Å². The Morgan fingerprint density at radius 3 is 2.59 bits per heavy atom. The van der Waals surface area contributed by atoms with Gasteiger partial charge in [-0.3, -0.25) is 25.1 Å². The van der Waals surface area contributed by atoms with Crippen molar-refractivity contribution in [3.8, 4) is 5.75 Å². The molecule has 10 nitrogen and oxygen atoms in total. The van der Waals surface area contributed by atoms with Crippen LogP contribution in [0.1, 0.15) is 19.4 Å². The minimum Gasteiger partial charge on any atom is -0.471 e. The molecule has 1 aliphatic rings. The van der Waals surface area contributed by atoms with Crippen LogP contribution in [0.25, 0.3) is 6.08 Å². The molecule has 32 heavy (non-hydrogen) atoms. The smallest absolute Gasteiger partial charge is 0.347 e. The van der Waals surface area contributed by atoms with Gasteiger partial charge in [0.15, 0.2) is 6.10 Å². The maximum Gasteiger partial charge on any atom is 0.347 e. The first-order valence-corrected chi connectivity index (χ1v) is 10.3. The number of esters is 1. The fourth-order valence-corrected chi connectivity index (χ4v) is 3.39. The monoisotopic (exact) mass is 503 g/mol. The fourth-order valence-electron chi connectivity index (χ4n) is 2.93.